The molecule has 0 spiro atoms. The normalized spacial score (nSPS) is 11.3. The summed E-state index contributed by atoms with van der Waals surface area (Å²) in [6, 6.07) is 7.27. The molecule has 3 heteroatoms. The average molecular weight is 193 g/mol. The van der Waals surface area contributed by atoms with Gasteiger partial charge in [0.15, 0.2) is 0 Å². The lowest BCUT2D eigenvalue weighted by Gasteiger charge is -2.15. The minimum atomic E-state index is -1.75. The molecule has 0 unspecified atom stereocenters. The van der Waals surface area contributed by atoms with Crippen LogP contribution in [0.3, 0.4) is 0 Å². The van der Waals surface area contributed by atoms with E-state index in [-0.39, 0.29) is 5.41 Å². The maximum Gasteiger partial charge on any atom is 0.141 e. The van der Waals surface area contributed by atoms with Crippen molar-refractivity contribution in [2.45, 2.75) is 19.6 Å². The molecule has 0 aliphatic rings. The lowest BCUT2D eigenvalue weighted by molar-refractivity contribution is 0.106. The van der Waals surface area contributed by atoms with E-state index in [0.29, 0.717) is 11.3 Å². The zero-order chi connectivity index (χ0) is 10.1. The first-order chi connectivity index (χ1) is 5.93. The number of hydrogen-bond acceptors (Lipinski definition) is 2. The second-order valence-corrected chi connectivity index (χ2v) is 9.12. The zero-order valence-electron chi connectivity index (χ0n) is 8.29. The highest BCUT2D eigenvalue weighted by Gasteiger charge is 2.26. The molecule has 0 saturated carbocycles. The van der Waals surface area contributed by atoms with Crippen LogP contribution >= 0.6 is 0 Å². The van der Waals surface area contributed by atoms with Gasteiger partial charge < -0.3 is 10.5 Å². The second-order valence-electron chi connectivity index (χ2n) is 4.17. The number of nitrogen functional groups attached to an aromatic ring is 1. The predicted molar refractivity (Wildman–Crippen MR) is 58.5 cm³/mol. The molecule has 0 heterocycles. The number of carbonyl (C=O) groups excluding carboxylic acids is 1. The monoisotopic (exact) mass is 193 g/mol. The molecule has 70 valence electrons. The van der Waals surface area contributed by atoms with Crippen LogP contribution in [0.2, 0.25) is 19.6 Å². The van der Waals surface area contributed by atoms with Crippen molar-refractivity contribution < 1.29 is 4.79 Å². The molecule has 0 atom stereocenters. The highest BCUT2D eigenvalue weighted by Crippen LogP contribution is 2.17. The zero-order valence-corrected chi connectivity index (χ0v) is 9.29. The summed E-state index contributed by atoms with van der Waals surface area (Å²) in [5, 5.41) is 0.227. The Labute approximate surface area is 79.8 Å². The Bertz CT molecular complexity index is 328. The Balaban J connectivity index is 3.10. The minimum absolute atomic E-state index is 0.227. The van der Waals surface area contributed by atoms with E-state index < -0.39 is 8.07 Å². The second kappa shape index (κ2) is 3.34. The molecule has 0 radical (unpaired) electrons. The van der Waals surface area contributed by atoms with Gasteiger partial charge in [0.2, 0.25) is 0 Å². The summed E-state index contributed by atoms with van der Waals surface area (Å²) < 4.78 is 0. The quantitative estimate of drug-likeness (QED) is 0.578. The van der Waals surface area contributed by atoms with E-state index in [2.05, 4.69) is 0 Å². The molecule has 0 amide bonds. The smallest absolute Gasteiger partial charge is 0.141 e. The molecule has 0 fully saturated rings. The van der Waals surface area contributed by atoms with E-state index in [1.165, 1.54) is 0 Å². The van der Waals surface area contributed by atoms with Crippen LogP contribution in [0.1, 0.15) is 10.4 Å². The van der Waals surface area contributed by atoms with Crippen LogP contribution in [0.4, 0.5) is 5.69 Å². The van der Waals surface area contributed by atoms with Crippen molar-refractivity contribution in [1.29, 1.82) is 0 Å². The van der Waals surface area contributed by atoms with Crippen LogP contribution in [-0.4, -0.2) is 13.5 Å². The van der Waals surface area contributed by atoms with Crippen molar-refractivity contribution >= 4 is 19.2 Å². The van der Waals surface area contributed by atoms with Crippen molar-refractivity contribution in [3.8, 4) is 0 Å². The minimum Gasteiger partial charge on any atom is -0.398 e. The molecular formula is C10H15NOSi. The Morgan fingerprint density at radius 1 is 1.23 bits per heavy atom. The molecule has 2 nitrogen and oxygen atoms in total. The van der Waals surface area contributed by atoms with Crippen LogP contribution in [0, 0.1) is 0 Å². The van der Waals surface area contributed by atoms with E-state index in [9.17, 15) is 4.79 Å². The molecule has 0 saturated heterocycles. The number of anilines is 1. The summed E-state index contributed by atoms with van der Waals surface area (Å²) in [6.45, 7) is 6.09. The van der Waals surface area contributed by atoms with Gasteiger partial charge >= 0.3 is 0 Å². The third-order valence-corrected chi connectivity index (χ3v) is 3.52. The first-order valence-corrected chi connectivity index (χ1v) is 7.82. The Kier molecular flexibility index (Phi) is 2.57. The molecule has 1 aromatic carbocycles. The van der Waals surface area contributed by atoms with E-state index in [1.807, 2.05) is 31.8 Å². The third-order valence-electron chi connectivity index (χ3n) is 1.89. The highest BCUT2D eigenvalue weighted by molar-refractivity contribution is 7.05. The van der Waals surface area contributed by atoms with Crippen LogP contribution < -0.4 is 5.73 Å². The van der Waals surface area contributed by atoms with Gasteiger partial charge in [0.25, 0.3) is 0 Å². The molecule has 13 heavy (non-hydrogen) atoms. The average Bonchev–Trinajstić information content (AvgIpc) is 2.02. The molecule has 2 N–H and O–H groups in total. The molecule has 0 aliphatic heterocycles. The topological polar surface area (TPSA) is 43.1 Å². The van der Waals surface area contributed by atoms with Gasteiger partial charge in [-0.05, 0) is 12.1 Å². The molecule has 0 aliphatic carbocycles. The summed E-state index contributed by atoms with van der Waals surface area (Å²) in [5.74, 6) is 0. The van der Waals surface area contributed by atoms with Crippen molar-refractivity contribution in [1.82, 2.24) is 0 Å². The van der Waals surface area contributed by atoms with Gasteiger partial charge in [0.1, 0.15) is 13.5 Å². The van der Waals surface area contributed by atoms with E-state index in [1.54, 1.807) is 12.1 Å². The maximum absolute atomic E-state index is 11.9. The number of benzene rings is 1. The Morgan fingerprint density at radius 2 is 1.77 bits per heavy atom. The fourth-order valence-electron chi connectivity index (χ4n) is 1.11. The fraction of sp³-hybridized carbons (Fsp3) is 0.300. The molecule has 1 rings (SSSR count). The Hall–Kier alpha value is -1.09. The van der Waals surface area contributed by atoms with E-state index in [0.717, 1.165) is 0 Å². The first kappa shape index (κ1) is 9.99. The van der Waals surface area contributed by atoms with Crippen molar-refractivity contribution in [3.63, 3.8) is 0 Å². The van der Waals surface area contributed by atoms with E-state index >= 15 is 0 Å². The van der Waals surface area contributed by atoms with Crippen LogP contribution in [0.5, 0.6) is 0 Å². The summed E-state index contributed by atoms with van der Waals surface area (Å²) in [5.41, 5.74) is 6.99. The van der Waals surface area contributed by atoms with E-state index in [4.69, 9.17) is 5.73 Å². The number of nitrogens with two attached hydrogens (primary N) is 1. The number of carbonyl (C=O) groups is 1. The summed E-state index contributed by atoms with van der Waals surface area (Å²) in [4.78, 5) is 11.9. The molecule has 0 bridgehead atoms. The molecule has 0 aromatic heterocycles. The highest BCUT2D eigenvalue weighted by atomic mass is 28.3. The molecular weight excluding hydrogens is 178 g/mol. The lowest BCUT2D eigenvalue weighted by atomic mass is 10.2. The van der Waals surface area contributed by atoms with Gasteiger partial charge in [-0.1, -0.05) is 31.8 Å². The molecule has 1 aromatic rings. The van der Waals surface area contributed by atoms with Crippen molar-refractivity contribution in [3.05, 3.63) is 29.8 Å². The standard InChI is InChI=1S/C10H15NOSi/c1-13(2,3)10(12)8-6-4-5-7-9(8)11/h4-7H,11H2,1-3H3. The number of hydrogen-bond donors (Lipinski definition) is 1. The summed E-state index contributed by atoms with van der Waals surface area (Å²) in [7, 11) is -1.75. The van der Waals surface area contributed by atoms with Crippen molar-refractivity contribution in [2.75, 3.05) is 5.73 Å². The van der Waals surface area contributed by atoms with Crippen LogP contribution in [0.15, 0.2) is 24.3 Å². The largest absolute Gasteiger partial charge is 0.398 e. The number of para-hydroxylation sites is 1. The summed E-state index contributed by atoms with van der Waals surface area (Å²) in [6.07, 6.45) is 0. The van der Waals surface area contributed by atoms with Gasteiger partial charge in [0, 0.05) is 11.3 Å². The fourth-order valence-corrected chi connectivity index (χ4v) is 2.14. The van der Waals surface area contributed by atoms with Gasteiger partial charge in [-0.3, -0.25) is 0 Å². The first-order valence-electron chi connectivity index (χ1n) is 4.32. The van der Waals surface area contributed by atoms with Gasteiger partial charge in [-0.25, -0.2) is 0 Å². The number of rotatable bonds is 2. The maximum atomic E-state index is 11.9. The van der Waals surface area contributed by atoms with Gasteiger partial charge in [-0.15, -0.1) is 0 Å². The third kappa shape index (κ3) is 2.18. The van der Waals surface area contributed by atoms with Gasteiger partial charge in [0.05, 0.1) is 0 Å². The summed E-state index contributed by atoms with van der Waals surface area (Å²) >= 11 is 0. The lowest BCUT2D eigenvalue weighted by Crippen LogP contribution is -2.33. The van der Waals surface area contributed by atoms with Crippen LogP contribution in [0.25, 0.3) is 0 Å². The SMILES string of the molecule is C[Si](C)(C)C(=O)c1ccccc1N. The van der Waals surface area contributed by atoms with Crippen LogP contribution in [-0.2, 0) is 0 Å². The Morgan fingerprint density at radius 3 is 2.23 bits per heavy atom. The van der Waals surface area contributed by atoms with Gasteiger partial charge in [-0.2, -0.15) is 0 Å². The van der Waals surface area contributed by atoms with Crippen molar-refractivity contribution in [2.24, 2.45) is 0 Å². The predicted octanol–water partition coefficient (Wildman–Crippen LogP) is 2.33.